The summed E-state index contributed by atoms with van der Waals surface area (Å²) in [6, 6.07) is 8.77. The summed E-state index contributed by atoms with van der Waals surface area (Å²) >= 11 is 11.7. The van der Waals surface area contributed by atoms with Crippen LogP contribution in [-0.2, 0) is 14.3 Å². The van der Waals surface area contributed by atoms with E-state index in [-0.39, 0.29) is 17.4 Å². The lowest BCUT2D eigenvalue weighted by Gasteiger charge is -2.19. The molecule has 0 saturated heterocycles. The van der Waals surface area contributed by atoms with E-state index in [1.165, 1.54) is 19.2 Å². The molecule has 0 bridgehead atoms. The quantitative estimate of drug-likeness (QED) is 0.801. The fourth-order valence-electron chi connectivity index (χ4n) is 2.25. The van der Waals surface area contributed by atoms with Crippen LogP contribution in [0.4, 0.5) is 5.82 Å². The topological polar surface area (TPSA) is 77.5 Å². The third kappa shape index (κ3) is 4.15. The molecule has 2 aromatic rings. The lowest BCUT2D eigenvalue weighted by atomic mass is 10.1. The van der Waals surface area contributed by atoms with Crippen LogP contribution in [0.25, 0.3) is 6.08 Å². The number of hydrogen-bond donors (Lipinski definition) is 1. The van der Waals surface area contributed by atoms with Gasteiger partial charge in [-0.3, -0.25) is 4.79 Å². The molecular formula is C18H14Cl2N2O4. The summed E-state index contributed by atoms with van der Waals surface area (Å²) in [7, 11) is 0. The van der Waals surface area contributed by atoms with Crippen molar-refractivity contribution in [3.8, 4) is 5.75 Å². The molecule has 26 heavy (non-hydrogen) atoms. The van der Waals surface area contributed by atoms with E-state index in [2.05, 4.69) is 10.3 Å². The summed E-state index contributed by atoms with van der Waals surface area (Å²) in [6.07, 6.45) is 1.99. The molecule has 1 N–H and O–H groups in total. The van der Waals surface area contributed by atoms with Crippen LogP contribution in [0, 0.1) is 0 Å². The van der Waals surface area contributed by atoms with Gasteiger partial charge in [0.25, 0.3) is 5.91 Å². The first-order valence-electron chi connectivity index (χ1n) is 7.69. The first-order valence-corrected chi connectivity index (χ1v) is 8.45. The Morgan fingerprint density at radius 1 is 1.31 bits per heavy atom. The van der Waals surface area contributed by atoms with Crippen LogP contribution < -0.4 is 10.1 Å². The highest BCUT2D eigenvalue weighted by Gasteiger charge is 2.24. The Balaban J connectivity index is 1.64. The van der Waals surface area contributed by atoms with Gasteiger partial charge in [-0.2, -0.15) is 0 Å². The summed E-state index contributed by atoms with van der Waals surface area (Å²) in [4.78, 5) is 28.4. The minimum atomic E-state index is -1.05. The number of para-hydroxylation sites is 1. The van der Waals surface area contributed by atoms with Crippen molar-refractivity contribution >= 4 is 47.0 Å². The van der Waals surface area contributed by atoms with Gasteiger partial charge >= 0.3 is 5.97 Å². The molecule has 0 fully saturated rings. The van der Waals surface area contributed by atoms with Crippen molar-refractivity contribution in [3.05, 3.63) is 57.7 Å². The van der Waals surface area contributed by atoms with E-state index in [1.807, 2.05) is 24.3 Å². The number of hydrogen-bond acceptors (Lipinski definition) is 5. The monoisotopic (exact) mass is 392 g/mol. The molecule has 0 spiro atoms. The van der Waals surface area contributed by atoms with Crippen LogP contribution in [0.2, 0.25) is 10.0 Å². The molecule has 0 aliphatic carbocycles. The molecule has 8 heteroatoms. The zero-order valence-electron chi connectivity index (χ0n) is 13.7. The molecule has 1 aliphatic rings. The molecule has 3 rings (SSSR count). The Kier molecular flexibility index (Phi) is 5.44. The molecule has 1 aromatic heterocycles. The molecule has 0 saturated carbocycles. The van der Waals surface area contributed by atoms with Crippen molar-refractivity contribution in [3.63, 3.8) is 0 Å². The minimum Gasteiger partial charge on any atom is -0.488 e. The van der Waals surface area contributed by atoms with E-state index in [0.717, 1.165) is 5.56 Å². The molecule has 1 aromatic carbocycles. The van der Waals surface area contributed by atoms with Crippen molar-refractivity contribution in [1.82, 2.24) is 4.98 Å². The van der Waals surface area contributed by atoms with Crippen molar-refractivity contribution in [2.75, 3.05) is 11.9 Å². The third-order valence-corrected chi connectivity index (χ3v) is 4.09. The number of amides is 1. The number of fused-ring (bicyclic) bond motifs is 1. The number of benzene rings is 1. The van der Waals surface area contributed by atoms with Gasteiger partial charge in [0, 0.05) is 11.8 Å². The highest BCUT2D eigenvalue weighted by Crippen LogP contribution is 2.26. The van der Waals surface area contributed by atoms with Crippen molar-refractivity contribution in [2.24, 2.45) is 0 Å². The summed E-state index contributed by atoms with van der Waals surface area (Å²) in [5.74, 6) is -0.360. The maximum absolute atomic E-state index is 12.3. The number of pyridine rings is 1. The molecular weight excluding hydrogens is 379 g/mol. The average Bonchev–Trinajstić information content (AvgIpc) is 2.63. The zero-order chi connectivity index (χ0) is 18.7. The molecule has 0 unspecified atom stereocenters. The number of nitrogens with one attached hydrogen (secondary N) is 1. The zero-order valence-corrected chi connectivity index (χ0v) is 15.2. The van der Waals surface area contributed by atoms with Gasteiger partial charge in [0.15, 0.2) is 11.9 Å². The number of anilines is 1. The smallest absolute Gasteiger partial charge is 0.338 e. The van der Waals surface area contributed by atoms with Gasteiger partial charge in [0.05, 0.1) is 15.6 Å². The van der Waals surface area contributed by atoms with Crippen molar-refractivity contribution in [2.45, 2.75) is 13.0 Å². The molecule has 2 heterocycles. The fourth-order valence-corrected chi connectivity index (χ4v) is 2.68. The van der Waals surface area contributed by atoms with E-state index in [9.17, 15) is 9.59 Å². The Bertz CT molecular complexity index is 899. The van der Waals surface area contributed by atoms with E-state index >= 15 is 0 Å². The van der Waals surface area contributed by atoms with Crippen LogP contribution in [0.3, 0.4) is 0 Å². The summed E-state index contributed by atoms with van der Waals surface area (Å²) in [5, 5.41) is 3.02. The number of esters is 1. The molecule has 134 valence electrons. The first-order chi connectivity index (χ1) is 12.4. The second kappa shape index (κ2) is 7.76. The van der Waals surface area contributed by atoms with Gasteiger partial charge in [-0.05, 0) is 25.1 Å². The first kappa shape index (κ1) is 18.2. The van der Waals surface area contributed by atoms with Crippen LogP contribution in [0.15, 0.2) is 42.1 Å². The Labute approximate surface area is 159 Å². The number of carbonyl (C=O) groups is 2. The Morgan fingerprint density at radius 3 is 2.85 bits per heavy atom. The lowest BCUT2D eigenvalue weighted by molar-refractivity contribution is -0.149. The van der Waals surface area contributed by atoms with Crippen molar-refractivity contribution < 1.29 is 19.1 Å². The number of aromatic nitrogens is 1. The van der Waals surface area contributed by atoms with Crippen LogP contribution in [-0.4, -0.2) is 29.6 Å². The van der Waals surface area contributed by atoms with E-state index < -0.39 is 18.0 Å². The normalized spacial score (nSPS) is 13.7. The summed E-state index contributed by atoms with van der Waals surface area (Å²) < 4.78 is 10.7. The van der Waals surface area contributed by atoms with Gasteiger partial charge in [0.1, 0.15) is 12.4 Å². The lowest BCUT2D eigenvalue weighted by Crippen LogP contribution is -2.31. The maximum Gasteiger partial charge on any atom is 0.338 e. The molecule has 6 nitrogen and oxygen atoms in total. The number of ether oxygens (including phenoxy) is 2. The van der Waals surface area contributed by atoms with E-state index in [4.69, 9.17) is 32.7 Å². The number of carbonyl (C=O) groups excluding carboxylic acids is 2. The van der Waals surface area contributed by atoms with Gasteiger partial charge in [-0.25, -0.2) is 9.78 Å². The predicted octanol–water partition coefficient (Wildman–Crippen LogP) is 3.73. The van der Waals surface area contributed by atoms with Crippen LogP contribution in [0.5, 0.6) is 5.75 Å². The second-order valence-electron chi connectivity index (χ2n) is 5.52. The third-order valence-electron chi connectivity index (χ3n) is 3.60. The van der Waals surface area contributed by atoms with Gasteiger partial charge in [-0.15, -0.1) is 0 Å². The molecule has 1 aliphatic heterocycles. The predicted molar refractivity (Wildman–Crippen MR) is 98.4 cm³/mol. The number of rotatable bonds is 4. The second-order valence-corrected chi connectivity index (χ2v) is 6.36. The highest BCUT2D eigenvalue weighted by atomic mass is 35.5. The number of halogens is 2. The van der Waals surface area contributed by atoms with Gasteiger partial charge in [0.2, 0.25) is 0 Å². The average molecular weight is 393 g/mol. The van der Waals surface area contributed by atoms with Gasteiger partial charge in [-0.1, -0.05) is 41.4 Å². The largest absolute Gasteiger partial charge is 0.488 e. The molecule has 0 radical (unpaired) electrons. The maximum atomic E-state index is 12.3. The van der Waals surface area contributed by atoms with Crippen LogP contribution in [0.1, 0.15) is 12.5 Å². The Hall–Kier alpha value is -2.57. The van der Waals surface area contributed by atoms with Gasteiger partial charge < -0.3 is 14.8 Å². The Morgan fingerprint density at radius 2 is 2.08 bits per heavy atom. The summed E-state index contributed by atoms with van der Waals surface area (Å²) in [6.45, 7) is 1.53. The molecule has 1 atom stereocenters. The van der Waals surface area contributed by atoms with Crippen molar-refractivity contribution in [1.29, 1.82) is 0 Å². The van der Waals surface area contributed by atoms with E-state index in [0.29, 0.717) is 16.3 Å². The van der Waals surface area contributed by atoms with E-state index in [1.54, 1.807) is 6.08 Å². The minimum absolute atomic E-state index is 0.0781. The molecule has 1 amide bonds. The standard InChI is InChI=1S/C18H14Cl2N2O4/c1-10(17(23)22-16-14(20)7-13(19)8-21-16)26-18(24)12-6-11-4-2-3-5-15(11)25-9-12/h2-8,10H,9H2,1H3,(H,21,22,23)/t10-/m1/s1. The number of nitrogens with zero attached hydrogens (tertiary/aromatic N) is 1. The highest BCUT2D eigenvalue weighted by molar-refractivity contribution is 6.36. The fraction of sp³-hybridized carbons (Fsp3) is 0.167. The SMILES string of the molecule is C[C@@H](OC(=O)C1=Cc2ccccc2OC1)C(=O)Nc1ncc(Cl)cc1Cl. The van der Waals surface area contributed by atoms with Crippen LogP contribution >= 0.6 is 23.2 Å². The summed E-state index contributed by atoms with van der Waals surface area (Å²) in [5.41, 5.74) is 1.10.